The minimum atomic E-state index is -4.66. The molecular formula is C20H23ClF3N5O4. The molecule has 2 aliphatic rings. The number of hydrogen-bond acceptors (Lipinski definition) is 6. The predicted molar refractivity (Wildman–Crippen MR) is 112 cm³/mol. The van der Waals surface area contributed by atoms with Crippen LogP contribution in [0, 0.1) is 5.92 Å². The first-order valence-electron chi connectivity index (χ1n) is 10.5. The standard InChI is InChI=1S/C20H23ClF3N5O4/c21-12-1-2-15-16(7-12)26-19(25-15)27-18(31)11-3-5-29(6-4-11)28-17(30)10-32-13-8-14(9-13)33-20(22,23)24/h1-2,7,11,13-14H,3-6,8-10H2,(H,28,30)(H2,25,26,27,31)/t13-,14+. The fraction of sp³-hybridized carbons (Fsp3) is 0.550. The molecule has 0 spiro atoms. The molecule has 1 aliphatic carbocycles. The smallest absolute Gasteiger partial charge is 0.368 e. The van der Waals surface area contributed by atoms with E-state index in [-0.39, 0.29) is 37.2 Å². The SMILES string of the molecule is O=C(CO[C@H]1C[C@@H](OC(F)(F)F)C1)NN1CCC(C(=O)Nc2nc3cc(Cl)ccc3[nH]2)CC1. The number of alkyl halides is 3. The zero-order valence-corrected chi connectivity index (χ0v) is 18.2. The fourth-order valence-corrected chi connectivity index (χ4v) is 4.02. The lowest BCUT2D eigenvalue weighted by Crippen LogP contribution is -2.50. The summed E-state index contributed by atoms with van der Waals surface area (Å²) in [6, 6.07) is 5.21. The van der Waals surface area contributed by atoms with Crippen molar-refractivity contribution in [1.82, 2.24) is 20.4 Å². The van der Waals surface area contributed by atoms with Crippen LogP contribution in [-0.2, 0) is 19.1 Å². The Bertz CT molecular complexity index is 1000. The molecule has 1 aromatic heterocycles. The summed E-state index contributed by atoms with van der Waals surface area (Å²) >= 11 is 5.95. The van der Waals surface area contributed by atoms with Crippen molar-refractivity contribution >= 4 is 40.4 Å². The first kappa shape index (κ1) is 23.7. The minimum absolute atomic E-state index is 0.103. The van der Waals surface area contributed by atoms with Gasteiger partial charge in [0, 0.05) is 36.9 Å². The number of aromatic nitrogens is 2. The molecule has 1 aromatic carbocycles. The van der Waals surface area contributed by atoms with Crippen molar-refractivity contribution in [1.29, 1.82) is 0 Å². The van der Waals surface area contributed by atoms with Crippen molar-refractivity contribution in [3.8, 4) is 0 Å². The van der Waals surface area contributed by atoms with Crippen LogP contribution in [0.2, 0.25) is 5.02 Å². The number of rotatable bonds is 7. The number of H-pyrrole nitrogens is 1. The van der Waals surface area contributed by atoms with Gasteiger partial charge in [-0.3, -0.25) is 25.1 Å². The first-order valence-corrected chi connectivity index (χ1v) is 10.9. The average Bonchev–Trinajstić information content (AvgIpc) is 3.10. The van der Waals surface area contributed by atoms with E-state index >= 15 is 0 Å². The highest BCUT2D eigenvalue weighted by molar-refractivity contribution is 6.31. The Kier molecular flexibility index (Phi) is 7.07. The van der Waals surface area contributed by atoms with Gasteiger partial charge in [-0.15, -0.1) is 13.2 Å². The Morgan fingerprint density at radius 1 is 1.21 bits per heavy atom. The molecule has 2 aromatic rings. The lowest BCUT2D eigenvalue weighted by Gasteiger charge is -2.35. The normalized spacial score (nSPS) is 22.2. The van der Waals surface area contributed by atoms with Gasteiger partial charge in [0.15, 0.2) is 0 Å². The number of ether oxygens (including phenoxy) is 2. The van der Waals surface area contributed by atoms with Crippen molar-refractivity contribution in [3.05, 3.63) is 23.2 Å². The molecule has 180 valence electrons. The summed E-state index contributed by atoms with van der Waals surface area (Å²) in [4.78, 5) is 32.0. The zero-order valence-electron chi connectivity index (χ0n) is 17.5. The maximum Gasteiger partial charge on any atom is 0.522 e. The molecule has 9 nitrogen and oxygen atoms in total. The van der Waals surface area contributed by atoms with Crippen LogP contribution in [-0.4, -0.2) is 65.1 Å². The number of carbonyl (C=O) groups is 2. The Morgan fingerprint density at radius 2 is 1.94 bits per heavy atom. The highest BCUT2D eigenvalue weighted by atomic mass is 35.5. The first-order chi connectivity index (χ1) is 15.6. The van der Waals surface area contributed by atoms with Crippen LogP contribution in [0.3, 0.4) is 0 Å². The van der Waals surface area contributed by atoms with E-state index < -0.39 is 18.6 Å². The van der Waals surface area contributed by atoms with Crippen LogP contribution in [0.5, 0.6) is 0 Å². The van der Waals surface area contributed by atoms with E-state index in [1.807, 2.05) is 0 Å². The average molecular weight is 490 g/mol. The number of carbonyl (C=O) groups excluding carboxylic acids is 2. The van der Waals surface area contributed by atoms with E-state index in [2.05, 4.69) is 25.4 Å². The van der Waals surface area contributed by atoms with Crippen LogP contribution < -0.4 is 10.7 Å². The maximum atomic E-state index is 12.6. The molecule has 1 saturated carbocycles. The number of nitrogens with one attached hydrogen (secondary N) is 3. The zero-order chi connectivity index (χ0) is 23.6. The van der Waals surface area contributed by atoms with E-state index in [9.17, 15) is 22.8 Å². The summed E-state index contributed by atoms with van der Waals surface area (Å²) < 4.78 is 45.5. The molecule has 2 heterocycles. The van der Waals surface area contributed by atoms with Crippen LogP contribution in [0.25, 0.3) is 11.0 Å². The number of hydrogen-bond donors (Lipinski definition) is 3. The lowest BCUT2D eigenvalue weighted by atomic mass is 9.92. The Balaban J connectivity index is 1.14. The number of halogens is 4. The maximum absolute atomic E-state index is 12.6. The molecule has 0 radical (unpaired) electrons. The Hall–Kier alpha value is -2.41. The second-order valence-electron chi connectivity index (χ2n) is 8.12. The number of amides is 2. The van der Waals surface area contributed by atoms with Crippen LogP contribution in [0.1, 0.15) is 25.7 Å². The number of nitrogens with zero attached hydrogens (tertiary/aromatic N) is 2. The minimum Gasteiger partial charge on any atom is -0.368 e. The second kappa shape index (κ2) is 9.84. The molecule has 0 unspecified atom stereocenters. The summed E-state index contributed by atoms with van der Waals surface area (Å²) in [7, 11) is 0. The summed E-state index contributed by atoms with van der Waals surface area (Å²) in [5.74, 6) is -0.426. The highest BCUT2D eigenvalue weighted by Gasteiger charge is 2.40. The van der Waals surface area contributed by atoms with Crippen molar-refractivity contribution in [2.45, 2.75) is 44.3 Å². The molecule has 0 bridgehead atoms. The largest absolute Gasteiger partial charge is 0.522 e. The quantitative estimate of drug-likeness (QED) is 0.552. The van der Waals surface area contributed by atoms with E-state index in [4.69, 9.17) is 16.3 Å². The molecule has 3 N–H and O–H groups in total. The molecule has 13 heteroatoms. The molecule has 33 heavy (non-hydrogen) atoms. The Morgan fingerprint density at radius 3 is 2.64 bits per heavy atom. The predicted octanol–water partition coefficient (Wildman–Crippen LogP) is 2.98. The third-order valence-electron chi connectivity index (χ3n) is 5.64. The van der Waals surface area contributed by atoms with E-state index in [0.717, 1.165) is 5.52 Å². The highest BCUT2D eigenvalue weighted by Crippen LogP contribution is 2.32. The molecule has 2 amide bonds. The van der Waals surface area contributed by atoms with Crippen LogP contribution in [0.4, 0.5) is 19.1 Å². The summed E-state index contributed by atoms with van der Waals surface area (Å²) in [5.41, 5.74) is 4.12. The van der Waals surface area contributed by atoms with E-state index in [1.54, 1.807) is 23.2 Å². The van der Waals surface area contributed by atoms with Crippen molar-refractivity contribution in [2.75, 3.05) is 25.0 Å². The van der Waals surface area contributed by atoms with Crippen LogP contribution >= 0.6 is 11.6 Å². The monoisotopic (exact) mass is 489 g/mol. The number of aromatic amines is 1. The number of piperidine rings is 1. The van der Waals surface area contributed by atoms with Gasteiger partial charge >= 0.3 is 6.36 Å². The summed E-state index contributed by atoms with van der Waals surface area (Å²) in [6.45, 7) is 0.703. The van der Waals surface area contributed by atoms with Gasteiger partial charge in [0.1, 0.15) is 6.61 Å². The molecule has 1 aliphatic heterocycles. The van der Waals surface area contributed by atoms with Crippen molar-refractivity contribution in [3.63, 3.8) is 0 Å². The van der Waals surface area contributed by atoms with Gasteiger partial charge in [-0.05, 0) is 31.0 Å². The van der Waals surface area contributed by atoms with Gasteiger partial charge in [0.2, 0.25) is 11.9 Å². The Labute approximate surface area is 191 Å². The molecule has 1 saturated heterocycles. The number of hydrazine groups is 1. The van der Waals surface area contributed by atoms with Crippen LogP contribution in [0.15, 0.2) is 18.2 Å². The lowest BCUT2D eigenvalue weighted by molar-refractivity contribution is -0.357. The van der Waals surface area contributed by atoms with Gasteiger partial charge < -0.3 is 9.72 Å². The van der Waals surface area contributed by atoms with Gasteiger partial charge in [-0.1, -0.05) is 11.6 Å². The fourth-order valence-electron chi connectivity index (χ4n) is 3.85. The number of fused-ring (bicyclic) bond motifs is 1. The summed E-state index contributed by atoms with van der Waals surface area (Å²) in [5, 5.41) is 5.04. The van der Waals surface area contributed by atoms with Crippen molar-refractivity contribution in [2.24, 2.45) is 5.92 Å². The number of benzene rings is 1. The third kappa shape index (κ3) is 6.56. The van der Waals surface area contributed by atoms with Gasteiger partial charge in [0.25, 0.3) is 5.91 Å². The van der Waals surface area contributed by atoms with Gasteiger partial charge in [-0.25, -0.2) is 9.99 Å². The number of anilines is 1. The second-order valence-corrected chi connectivity index (χ2v) is 8.56. The topological polar surface area (TPSA) is 109 Å². The summed E-state index contributed by atoms with van der Waals surface area (Å²) in [6.07, 6.45) is -4.71. The van der Waals surface area contributed by atoms with E-state index in [0.29, 0.717) is 42.4 Å². The van der Waals surface area contributed by atoms with E-state index in [1.165, 1.54) is 0 Å². The van der Waals surface area contributed by atoms with Gasteiger partial charge in [-0.2, -0.15) is 0 Å². The number of imidazole rings is 1. The molecule has 4 rings (SSSR count). The molecule has 2 fully saturated rings. The molecular weight excluding hydrogens is 467 g/mol. The van der Waals surface area contributed by atoms with Gasteiger partial charge in [0.05, 0.1) is 23.2 Å². The third-order valence-corrected chi connectivity index (χ3v) is 5.87. The molecule has 0 atom stereocenters. The van der Waals surface area contributed by atoms with Crippen molar-refractivity contribution < 1.29 is 32.2 Å².